The van der Waals surface area contributed by atoms with E-state index in [1.807, 2.05) is 29.1 Å². The van der Waals surface area contributed by atoms with E-state index in [4.69, 9.17) is 9.47 Å². The van der Waals surface area contributed by atoms with Crippen LogP contribution < -0.4 is 14.8 Å². The molecule has 1 heterocycles. The van der Waals surface area contributed by atoms with Crippen molar-refractivity contribution in [2.45, 2.75) is 32.4 Å². The summed E-state index contributed by atoms with van der Waals surface area (Å²) in [6.07, 6.45) is 4.50. The van der Waals surface area contributed by atoms with E-state index in [0.717, 1.165) is 29.4 Å². The number of hydrogen-bond acceptors (Lipinski definition) is 4. The SMILES string of the molecule is COc1ccc(OC)c(-n2ncc(CNC3CC3)c2C)c1. The van der Waals surface area contributed by atoms with Crippen molar-refractivity contribution in [1.82, 2.24) is 15.1 Å². The smallest absolute Gasteiger partial charge is 0.144 e. The third-order valence-corrected chi connectivity index (χ3v) is 3.88. The number of hydrogen-bond donors (Lipinski definition) is 1. The first-order chi connectivity index (χ1) is 10.2. The monoisotopic (exact) mass is 287 g/mol. The van der Waals surface area contributed by atoms with Gasteiger partial charge < -0.3 is 14.8 Å². The van der Waals surface area contributed by atoms with Gasteiger partial charge in [-0.3, -0.25) is 0 Å². The van der Waals surface area contributed by atoms with Gasteiger partial charge in [0.1, 0.15) is 17.2 Å². The van der Waals surface area contributed by atoms with Crippen LogP contribution in [0.1, 0.15) is 24.1 Å². The van der Waals surface area contributed by atoms with Crippen molar-refractivity contribution >= 4 is 0 Å². The van der Waals surface area contributed by atoms with Crippen LogP contribution in [0, 0.1) is 6.92 Å². The minimum absolute atomic E-state index is 0.694. The minimum atomic E-state index is 0.694. The molecule has 1 aromatic heterocycles. The molecule has 1 aliphatic rings. The molecule has 2 aromatic rings. The normalized spacial score (nSPS) is 14.2. The molecular formula is C16H21N3O2. The molecule has 112 valence electrons. The number of methoxy groups -OCH3 is 2. The Labute approximate surface area is 124 Å². The van der Waals surface area contributed by atoms with Crippen molar-refractivity contribution in [2.24, 2.45) is 0 Å². The Morgan fingerprint density at radius 2 is 2.10 bits per heavy atom. The number of aromatic nitrogens is 2. The van der Waals surface area contributed by atoms with Gasteiger partial charge in [-0.1, -0.05) is 0 Å². The van der Waals surface area contributed by atoms with Gasteiger partial charge in [-0.25, -0.2) is 4.68 Å². The summed E-state index contributed by atoms with van der Waals surface area (Å²) in [6.45, 7) is 2.94. The minimum Gasteiger partial charge on any atom is -0.497 e. The molecular weight excluding hydrogens is 266 g/mol. The molecule has 5 nitrogen and oxygen atoms in total. The summed E-state index contributed by atoms with van der Waals surface area (Å²) < 4.78 is 12.6. The molecule has 0 radical (unpaired) electrons. The van der Waals surface area contributed by atoms with Crippen LogP contribution in [0.3, 0.4) is 0 Å². The van der Waals surface area contributed by atoms with Gasteiger partial charge in [0, 0.05) is 29.9 Å². The first-order valence-electron chi connectivity index (χ1n) is 7.22. The highest BCUT2D eigenvalue weighted by atomic mass is 16.5. The Kier molecular flexibility index (Phi) is 3.84. The summed E-state index contributed by atoms with van der Waals surface area (Å²) in [5.41, 5.74) is 3.23. The fourth-order valence-corrected chi connectivity index (χ4v) is 2.36. The zero-order chi connectivity index (χ0) is 14.8. The largest absolute Gasteiger partial charge is 0.497 e. The van der Waals surface area contributed by atoms with Gasteiger partial charge in [-0.05, 0) is 31.9 Å². The fraction of sp³-hybridized carbons (Fsp3) is 0.438. The summed E-state index contributed by atoms with van der Waals surface area (Å²) in [6, 6.07) is 6.42. The van der Waals surface area contributed by atoms with Gasteiger partial charge in [-0.15, -0.1) is 0 Å². The number of ether oxygens (including phenoxy) is 2. The van der Waals surface area contributed by atoms with Gasteiger partial charge in [0.05, 0.1) is 20.4 Å². The van der Waals surface area contributed by atoms with Crippen LogP contribution in [-0.4, -0.2) is 30.0 Å². The van der Waals surface area contributed by atoms with E-state index >= 15 is 0 Å². The van der Waals surface area contributed by atoms with Crippen molar-refractivity contribution < 1.29 is 9.47 Å². The van der Waals surface area contributed by atoms with Gasteiger partial charge in [-0.2, -0.15) is 5.10 Å². The van der Waals surface area contributed by atoms with Crippen molar-refractivity contribution in [1.29, 1.82) is 0 Å². The van der Waals surface area contributed by atoms with Crippen LogP contribution in [0.2, 0.25) is 0 Å². The third kappa shape index (κ3) is 2.88. The molecule has 1 aliphatic carbocycles. The lowest BCUT2D eigenvalue weighted by atomic mass is 10.2. The first-order valence-corrected chi connectivity index (χ1v) is 7.22. The van der Waals surface area contributed by atoms with Crippen molar-refractivity contribution in [3.63, 3.8) is 0 Å². The van der Waals surface area contributed by atoms with Gasteiger partial charge in [0.2, 0.25) is 0 Å². The molecule has 1 aromatic carbocycles. The zero-order valence-corrected chi connectivity index (χ0v) is 12.7. The summed E-state index contributed by atoms with van der Waals surface area (Å²) in [4.78, 5) is 0. The molecule has 0 saturated heterocycles. The highest BCUT2D eigenvalue weighted by molar-refractivity contribution is 5.52. The van der Waals surface area contributed by atoms with Crippen molar-refractivity contribution in [3.8, 4) is 17.2 Å². The van der Waals surface area contributed by atoms with Crippen molar-refractivity contribution in [2.75, 3.05) is 14.2 Å². The van der Waals surface area contributed by atoms with Gasteiger partial charge in [0.25, 0.3) is 0 Å². The second-order valence-corrected chi connectivity index (χ2v) is 5.36. The second-order valence-electron chi connectivity index (χ2n) is 5.36. The molecule has 0 spiro atoms. The average Bonchev–Trinajstić information content (AvgIpc) is 3.27. The van der Waals surface area contributed by atoms with Gasteiger partial charge >= 0.3 is 0 Å². The maximum absolute atomic E-state index is 5.44. The second kappa shape index (κ2) is 5.77. The van der Waals surface area contributed by atoms with E-state index in [0.29, 0.717) is 6.04 Å². The first kappa shape index (κ1) is 13.9. The Balaban J connectivity index is 1.91. The average molecular weight is 287 g/mol. The molecule has 0 atom stereocenters. The number of rotatable bonds is 6. The molecule has 0 aliphatic heterocycles. The summed E-state index contributed by atoms with van der Waals surface area (Å²) in [5, 5.41) is 8.03. The van der Waals surface area contributed by atoms with Crippen LogP contribution >= 0.6 is 0 Å². The van der Waals surface area contributed by atoms with Crippen LogP contribution in [0.25, 0.3) is 5.69 Å². The predicted octanol–water partition coefficient (Wildman–Crippen LogP) is 2.45. The Hall–Kier alpha value is -2.01. The van der Waals surface area contributed by atoms with E-state index in [1.165, 1.54) is 18.4 Å². The van der Waals surface area contributed by atoms with E-state index in [-0.39, 0.29) is 0 Å². The molecule has 5 heteroatoms. The fourth-order valence-electron chi connectivity index (χ4n) is 2.36. The lowest BCUT2D eigenvalue weighted by Gasteiger charge is -2.12. The molecule has 1 N–H and O–H groups in total. The maximum Gasteiger partial charge on any atom is 0.144 e. The van der Waals surface area contributed by atoms with E-state index in [2.05, 4.69) is 17.3 Å². The lowest BCUT2D eigenvalue weighted by Crippen LogP contribution is -2.15. The molecule has 1 saturated carbocycles. The molecule has 1 fully saturated rings. The maximum atomic E-state index is 5.44. The molecule has 3 rings (SSSR count). The zero-order valence-electron chi connectivity index (χ0n) is 12.7. The topological polar surface area (TPSA) is 48.3 Å². The van der Waals surface area contributed by atoms with Crippen molar-refractivity contribution in [3.05, 3.63) is 35.7 Å². The highest BCUT2D eigenvalue weighted by Crippen LogP contribution is 2.29. The van der Waals surface area contributed by atoms with E-state index < -0.39 is 0 Å². The standard InChI is InChI=1S/C16H21N3O2/c1-11-12(9-17-13-4-5-13)10-18-19(11)15-8-14(20-2)6-7-16(15)21-3/h6-8,10,13,17H,4-5,9H2,1-3H3. The molecule has 0 bridgehead atoms. The van der Waals surface area contributed by atoms with E-state index in [9.17, 15) is 0 Å². The summed E-state index contributed by atoms with van der Waals surface area (Å²) >= 11 is 0. The quantitative estimate of drug-likeness (QED) is 0.886. The molecule has 0 amide bonds. The summed E-state index contributed by atoms with van der Waals surface area (Å²) in [5.74, 6) is 1.57. The van der Waals surface area contributed by atoms with E-state index in [1.54, 1.807) is 14.2 Å². The molecule has 0 unspecified atom stereocenters. The van der Waals surface area contributed by atoms with Crippen LogP contribution in [0.5, 0.6) is 11.5 Å². The Morgan fingerprint density at radius 3 is 2.76 bits per heavy atom. The number of nitrogens with zero attached hydrogens (tertiary/aromatic N) is 2. The van der Waals surface area contributed by atoms with Gasteiger partial charge in [0.15, 0.2) is 0 Å². The van der Waals surface area contributed by atoms with Crippen LogP contribution in [0.4, 0.5) is 0 Å². The Morgan fingerprint density at radius 1 is 1.29 bits per heavy atom. The summed E-state index contributed by atoms with van der Waals surface area (Å²) in [7, 11) is 3.33. The molecule has 21 heavy (non-hydrogen) atoms. The highest BCUT2D eigenvalue weighted by Gasteiger charge is 2.21. The van der Waals surface area contributed by atoms with Crippen LogP contribution in [0.15, 0.2) is 24.4 Å². The third-order valence-electron chi connectivity index (χ3n) is 3.88. The number of nitrogens with one attached hydrogen (secondary N) is 1. The predicted molar refractivity (Wildman–Crippen MR) is 81.3 cm³/mol. The Bertz CT molecular complexity index is 632. The number of benzene rings is 1. The van der Waals surface area contributed by atoms with Crippen LogP contribution in [-0.2, 0) is 6.54 Å². The lowest BCUT2D eigenvalue weighted by molar-refractivity contribution is 0.400.